The van der Waals surface area contributed by atoms with Crippen molar-refractivity contribution < 1.29 is 112 Å². The quantitative estimate of drug-likeness (QED) is 0.0132. The Labute approximate surface area is 581 Å². The first-order valence-electron chi connectivity index (χ1n) is 32.1. The summed E-state index contributed by atoms with van der Waals surface area (Å²) < 4.78 is 33.5. The molecular weight excluding hydrogens is 1330 g/mol. The van der Waals surface area contributed by atoms with Crippen LogP contribution in [0.1, 0.15) is 109 Å². The number of carbonyl (C=O) groups is 9. The molecule has 7 rings (SSSR count). The van der Waals surface area contributed by atoms with Gasteiger partial charge in [-0.2, -0.15) is 23.5 Å². The highest BCUT2D eigenvalue weighted by Gasteiger charge is 2.58. The fourth-order valence-electron chi connectivity index (χ4n) is 11.0. The Morgan fingerprint density at radius 2 is 0.879 bits per heavy atom. The number of esters is 2. The van der Waals surface area contributed by atoms with E-state index in [-0.39, 0.29) is 74.8 Å². The number of rotatable bonds is 36. The molecule has 0 saturated carbocycles. The number of aliphatic hydroxyl groups excluding tert-OH is 6. The van der Waals surface area contributed by atoms with E-state index in [4.69, 9.17) is 38.6 Å². The van der Waals surface area contributed by atoms with Crippen LogP contribution in [0.4, 0.5) is 5.69 Å². The van der Waals surface area contributed by atoms with Gasteiger partial charge in [0.15, 0.2) is 11.6 Å². The molecule has 26 nitrogen and oxygen atoms in total. The van der Waals surface area contributed by atoms with Gasteiger partial charge in [-0.05, 0) is 83.7 Å². The predicted molar refractivity (Wildman–Crippen MR) is 365 cm³/mol. The summed E-state index contributed by atoms with van der Waals surface area (Å²) in [6.07, 6.45) is -13.1. The molecule has 99 heavy (non-hydrogen) atoms. The molecule has 2 saturated heterocycles. The Hall–Kier alpha value is -7.97. The van der Waals surface area contributed by atoms with Crippen LogP contribution in [0, 0.1) is 0 Å². The number of ketones is 2. The van der Waals surface area contributed by atoms with Gasteiger partial charge in [0.2, 0.25) is 17.7 Å². The molecular formula is C71H87N3O23S2. The average molecular weight is 1410 g/mol. The molecule has 2 unspecified atom stereocenters. The lowest BCUT2D eigenvalue weighted by molar-refractivity contribution is -0.311. The molecule has 0 bridgehead atoms. The Balaban J connectivity index is 0.000000318. The monoisotopic (exact) mass is 1410 g/mol. The number of carboxylic acids is 2. The van der Waals surface area contributed by atoms with Crippen molar-refractivity contribution in [3.63, 3.8) is 0 Å². The Morgan fingerprint density at radius 3 is 1.24 bits per heavy atom. The molecule has 2 aliphatic rings. The first-order chi connectivity index (χ1) is 47.3. The summed E-state index contributed by atoms with van der Waals surface area (Å²) in [4.78, 5) is 110. The SMILES string of the molecule is COC(=O)[C@@]1(OCCCSCCC(=O)Nc2ccc(C(=O)O)cc2)C[C@@H](O)[C@@H](NC(C)=O)C([C@H](O)[C@H](O)CCC(=O)c2ccc(-c3ccccc3)cc2)O1.COC(=O)[C@@]1(OCCCSCCC(=O)O)C[C@@H](O)[C@@H](NC(C)=O)C([C@H](O)[C@H](O)CCC(=O)c2ccc(-c3ccccc3)cc2)O1. The zero-order valence-electron chi connectivity index (χ0n) is 55.3. The second-order valence-electron chi connectivity index (χ2n) is 23.5. The van der Waals surface area contributed by atoms with Crippen molar-refractivity contribution >= 4 is 82.4 Å². The van der Waals surface area contributed by atoms with Gasteiger partial charge in [0.25, 0.3) is 11.6 Å². The van der Waals surface area contributed by atoms with Crippen molar-refractivity contribution in [1.29, 1.82) is 0 Å². The minimum atomic E-state index is -2.19. The van der Waals surface area contributed by atoms with E-state index >= 15 is 0 Å². The molecule has 5 aromatic rings. The number of aliphatic hydroxyl groups is 6. The van der Waals surface area contributed by atoms with Gasteiger partial charge in [-0.3, -0.25) is 28.8 Å². The van der Waals surface area contributed by atoms with Gasteiger partial charge in [-0.25, -0.2) is 14.4 Å². The van der Waals surface area contributed by atoms with Crippen LogP contribution in [0.25, 0.3) is 22.3 Å². The van der Waals surface area contributed by atoms with Gasteiger partial charge in [0, 0.05) is 74.3 Å². The number of carboxylic acid groups (broad SMARTS) is 2. The lowest BCUT2D eigenvalue weighted by atomic mass is 9.87. The summed E-state index contributed by atoms with van der Waals surface area (Å²) in [5.74, 6) is -8.30. The molecule has 0 radical (unpaired) electrons. The number of hydrogen-bond donors (Lipinski definition) is 11. The molecule has 2 aliphatic heterocycles. The van der Waals surface area contributed by atoms with Crippen LogP contribution in [0.3, 0.4) is 0 Å². The molecule has 2 fully saturated rings. The van der Waals surface area contributed by atoms with Crippen LogP contribution in [0.5, 0.6) is 0 Å². The molecule has 5 aromatic carbocycles. The number of amides is 3. The van der Waals surface area contributed by atoms with E-state index in [2.05, 4.69) is 16.0 Å². The zero-order chi connectivity index (χ0) is 72.2. The first-order valence-corrected chi connectivity index (χ1v) is 34.4. The van der Waals surface area contributed by atoms with E-state index in [1.54, 1.807) is 24.3 Å². The summed E-state index contributed by atoms with van der Waals surface area (Å²) >= 11 is 2.84. The average Bonchev–Trinajstić information content (AvgIpc) is 0.773. The van der Waals surface area contributed by atoms with E-state index in [1.807, 2.05) is 84.9 Å². The topological polar surface area (TPSA) is 407 Å². The molecule has 0 aliphatic carbocycles. The third-order valence-electron chi connectivity index (χ3n) is 16.2. The Bertz CT molecular complexity index is 3450. The van der Waals surface area contributed by atoms with E-state index in [1.165, 1.54) is 61.6 Å². The standard InChI is InChI=1S/C39H46N2O12S.C32H41NO11S/c1-24(42)40-34-32(45)23-39(38(50)51-2,52-20-6-21-54-22-19-33(46)41-29-15-13-28(14-16-29)37(48)49)53-36(34)35(47)31(44)18-17-30(43)27-11-9-26(10-12-27)25-7-4-3-5-8-25;1-20(34)33-28-26(37)19-32(31(41)42-2,43-16-6-17-45-18-15-27(38)39)44-30(28)29(40)25(36)14-13-24(35)23-11-9-22(10-12-23)21-7-4-3-5-8-21/h3-5,7-16,31-32,34-36,44-45,47H,6,17-23H2,1-2H3,(H,40,42)(H,41,46)(H,48,49);3-5,7-12,25-26,28-30,36-37,40H,6,13-19H2,1-2H3,(H,33,34)(H,38,39)/t31-,32-,34-,35-,36?,39-;25-,26-,28-,29-,30?,32-/m11/s1. The lowest BCUT2D eigenvalue weighted by Crippen LogP contribution is -2.67. The van der Waals surface area contributed by atoms with Gasteiger partial charge in [-0.15, -0.1) is 0 Å². The summed E-state index contributed by atoms with van der Waals surface area (Å²) in [6, 6.07) is 36.7. The number of nitrogens with one attached hydrogen (secondary N) is 3. The van der Waals surface area contributed by atoms with Crippen LogP contribution in [0.2, 0.25) is 0 Å². The molecule has 2 heterocycles. The maximum atomic E-state index is 13.1. The highest BCUT2D eigenvalue weighted by atomic mass is 32.2. The molecule has 28 heteroatoms. The maximum Gasteiger partial charge on any atom is 0.366 e. The summed E-state index contributed by atoms with van der Waals surface area (Å²) in [5, 5.41) is 92.1. The van der Waals surface area contributed by atoms with Crippen LogP contribution in [0.15, 0.2) is 133 Å². The van der Waals surface area contributed by atoms with E-state index < -0.39 is 121 Å². The van der Waals surface area contributed by atoms with Crippen LogP contribution in [-0.2, 0) is 57.2 Å². The highest BCUT2D eigenvalue weighted by molar-refractivity contribution is 7.99. The number of thioether (sulfide) groups is 2. The predicted octanol–water partition coefficient (Wildman–Crippen LogP) is 5.61. The first kappa shape index (κ1) is 80.0. The fraction of sp³-hybridized carbons (Fsp3) is 0.451. The van der Waals surface area contributed by atoms with Gasteiger partial charge < -0.3 is 85.2 Å². The number of aromatic carboxylic acids is 1. The van der Waals surface area contributed by atoms with Crippen LogP contribution in [-0.4, -0.2) is 217 Å². The number of Topliss-reactive ketones (excluding diaryl/α,β-unsaturated/α-hetero) is 2. The molecule has 11 N–H and O–H groups in total. The smallest absolute Gasteiger partial charge is 0.366 e. The highest BCUT2D eigenvalue weighted by Crippen LogP contribution is 2.37. The lowest BCUT2D eigenvalue weighted by Gasteiger charge is -2.47. The Kier molecular flexibility index (Phi) is 32.1. The van der Waals surface area contributed by atoms with Crippen LogP contribution >= 0.6 is 23.5 Å². The van der Waals surface area contributed by atoms with Gasteiger partial charge in [0.1, 0.15) is 24.4 Å². The maximum absolute atomic E-state index is 13.1. The second-order valence-corrected chi connectivity index (χ2v) is 26.0. The number of aliphatic carboxylic acids is 1. The van der Waals surface area contributed by atoms with Gasteiger partial charge in [-0.1, -0.05) is 109 Å². The van der Waals surface area contributed by atoms with Crippen molar-refractivity contribution in [2.45, 2.75) is 151 Å². The van der Waals surface area contributed by atoms with E-state index in [0.29, 0.717) is 52.7 Å². The largest absolute Gasteiger partial charge is 0.481 e. The third-order valence-corrected chi connectivity index (χ3v) is 18.3. The zero-order valence-corrected chi connectivity index (χ0v) is 56.9. The van der Waals surface area contributed by atoms with Crippen LogP contribution < -0.4 is 16.0 Å². The molecule has 536 valence electrons. The second kappa shape index (κ2) is 39.7. The van der Waals surface area contributed by atoms with E-state index in [9.17, 15) is 73.8 Å². The number of carbonyl (C=O) groups excluding carboxylic acids is 7. The number of ether oxygens (including phenoxy) is 6. The third kappa shape index (κ3) is 24.1. The minimum Gasteiger partial charge on any atom is -0.481 e. The molecule has 0 aromatic heterocycles. The van der Waals surface area contributed by atoms with Crippen molar-refractivity contribution in [3.8, 4) is 22.3 Å². The van der Waals surface area contributed by atoms with Crippen molar-refractivity contribution in [1.82, 2.24) is 10.6 Å². The fourth-order valence-corrected chi connectivity index (χ4v) is 12.7. The number of hydrogen-bond acceptors (Lipinski definition) is 23. The summed E-state index contributed by atoms with van der Waals surface area (Å²) in [5.41, 5.74) is 5.29. The molecule has 12 atom stereocenters. The van der Waals surface area contributed by atoms with Gasteiger partial charge in [0.05, 0.1) is 75.9 Å². The number of benzene rings is 5. The number of anilines is 1. The van der Waals surface area contributed by atoms with Gasteiger partial charge >= 0.3 is 23.9 Å². The Morgan fingerprint density at radius 1 is 0.505 bits per heavy atom. The normalized spacial score (nSPS) is 21.6. The van der Waals surface area contributed by atoms with Crippen molar-refractivity contribution in [2.75, 3.05) is 55.8 Å². The number of methoxy groups -OCH3 is 2. The minimum absolute atomic E-state index is 0.00545. The summed E-state index contributed by atoms with van der Waals surface area (Å²) in [6.45, 7) is 2.32. The molecule has 3 amide bonds. The summed E-state index contributed by atoms with van der Waals surface area (Å²) in [7, 11) is 2.20. The van der Waals surface area contributed by atoms with Crippen molar-refractivity contribution in [3.05, 3.63) is 150 Å². The molecule has 0 spiro atoms. The van der Waals surface area contributed by atoms with Crippen molar-refractivity contribution in [2.24, 2.45) is 0 Å². The van der Waals surface area contributed by atoms with E-state index in [0.717, 1.165) is 36.5 Å².